The summed E-state index contributed by atoms with van der Waals surface area (Å²) in [6, 6.07) is 5.07. The van der Waals surface area contributed by atoms with Crippen molar-refractivity contribution in [3.8, 4) is 0 Å². The summed E-state index contributed by atoms with van der Waals surface area (Å²) in [5.41, 5.74) is 3.16. The minimum absolute atomic E-state index is 0.144. The zero-order chi connectivity index (χ0) is 12.7. The van der Waals surface area contributed by atoms with Crippen LogP contribution >= 0.6 is 0 Å². The van der Waals surface area contributed by atoms with E-state index in [1.54, 1.807) is 0 Å². The Morgan fingerprint density at radius 2 is 2.00 bits per heavy atom. The Morgan fingerprint density at radius 1 is 1.22 bits per heavy atom. The quantitative estimate of drug-likeness (QED) is 0.858. The van der Waals surface area contributed by atoms with Crippen molar-refractivity contribution in [2.45, 2.75) is 31.7 Å². The van der Waals surface area contributed by atoms with Crippen molar-refractivity contribution in [1.82, 2.24) is 4.90 Å². The lowest BCUT2D eigenvalue weighted by atomic mass is 9.87. The number of amides is 1. The van der Waals surface area contributed by atoms with Crippen molar-refractivity contribution in [3.05, 3.63) is 34.9 Å². The molecule has 1 aromatic rings. The average Bonchev–Trinajstić information content (AvgIpc) is 2.79. The molecule has 0 radical (unpaired) electrons. The van der Waals surface area contributed by atoms with E-state index in [-0.39, 0.29) is 5.91 Å². The molecule has 1 amide bonds. The topological polar surface area (TPSA) is 57.6 Å². The van der Waals surface area contributed by atoms with Crippen LogP contribution in [0.5, 0.6) is 0 Å². The number of nitrogens with zero attached hydrogens (tertiary/aromatic N) is 1. The molecule has 0 unspecified atom stereocenters. The summed E-state index contributed by atoms with van der Waals surface area (Å²) < 4.78 is 0. The van der Waals surface area contributed by atoms with Crippen molar-refractivity contribution in [2.75, 3.05) is 6.54 Å². The predicted molar refractivity (Wildman–Crippen MR) is 65.5 cm³/mol. The number of likely N-dealkylation sites (tertiary alicyclic amines) is 1. The second-order valence-electron chi connectivity index (χ2n) is 4.98. The smallest absolute Gasteiger partial charge is 0.326 e. The van der Waals surface area contributed by atoms with Crippen LogP contribution in [0, 0.1) is 0 Å². The molecule has 1 fully saturated rings. The SMILES string of the molecule is O=C(O)[C@H]1CCCN1C(=O)c1ccc2c(c1)CC2. The number of fused-ring (bicyclic) bond motifs is 1. The van der Waals surface area contributed by atoms with Gasteiger partial charge in [0.05, 0.1) is 0 Å². The summed E-state index contributed by atoms with van der Waals surface area (Å²) in [6.07, 6.45) is 3.45. The minimum Gasteiger partial charge on any atom is -0.480 e. The highest BCUT2D eigenvalue weighted by atomic mass is 16.4. The number of carboxylic acid groups (broad SMARTS) is 1. The Balaban J connectivity index is 1.85. The molecule has 1 aromatic carbocycles. The summed E-state index contributed by atoms with van der Waals surface area (Å²) in [7, 11) is 0. The van der Waals surface area contributed by atoms with Crippen LogP contribution in [0.25, 0.3) is 0 Å². The van der Waals surface area contributed by atoms with Crippen LogP contribution < -0.4 is 0 Å². The van der Waals surface area contributed by atoms with Gasteiger partial charge in [-0.15, -0.1) is 0 Å². The molecule has 1 aliphatic heterocycles. The number of aryl methyl sites for hydroxylation is 2. The van der Waals surface area contributed by atoms with Gasteiger partial charge >= 0.3 is 5.97 Å². The number of benzene rings is 1. The monoisotopic (exact) mass is 245 g/mol. The molecule has 3 rings (SSSR count). The lowest BCUT2D eigenvalue weighted by Gasteiger charge is -2.24. The van der Waals surface area contributed by atoms with Crippen LogP contribution in [0.15, 0.2) is 18.2 Å². The van der Waals surface area contributed by atoms with E-state index in [2.05, 4.69) is 0 Å². The molecule has 4 heteroatoms. The number of aliphatic carboxylic acids is 1. The normalized spacial score (nSPS) is 21.3. The van der Waals surface area contributed by atoms with Gasteiger partial charge < -0.3 is 10.0 Å². The maximum absolute atomic E-state index is 12.3. The van der Waals surface area contributed by atoms with Crippen molar-refractivity contribution < 1.29 is 14.7 Å². The number of carbonyl (C=O) groups is 2. The van der Waals surface area contributed by atoms with Crippen molar-refractivity contribution in [1.29, 1.82) is 0 Å². The molecule has 1 saturated heterocycles. The Hall–Kier alpha value is -1.84. The lowest BCUT2D eigenvalue weighted by Crippen LogP contribution is -2.40. The van der Waals surface area contributed by atoms with E-state index in [4.69, 9.17) is 5.11 Å². The number of hydrogen-bond donors (Lipinski definition) is 1. The largest absolute Gasteiger partial charge is 0.480 e. The Bertz CT molecular complexity index is 524. The van der Waals surface area contributed by atoms with Gasteiger partial charge in [-0.2, -0.15) is 0 Å². The zero-order valence-electron chi connectivity index (χ0n) is 10.1. The van der Waals surface area contributed by atoms with Gasteiger partial charge in [0, 0.05) is 12.1 Å². The lowest BCUT2D eigenvalue weighted by molar-refractivity contribution is -0.141. The van der Waals surface area contributed by atoms with Crippen LogP contribution in [0.3, 0.4) is 0 Å². The van der Waals surface area contributed by atoms with E-state index in [1.165, 1.54) is 16.0 Å². The highest BCUT2D eigenvalue weighted by molar-refractivity contribution is 5.97. The maximum atomic E-state index is 12.3. The van der Waals surface area contributed by atoms with Crippen LogP contribution in [-0.4, -0.2) is 34.5 Å². The van der Waals surface area contributed by atoms with Crippen LogP contribution in [-0.2, 0) is 17.6 Å². The van der Waals surface area contributed by atoms with Gasteiger partial charge in [0.15, 0.2) is 0 Å². The Labute approximate surface area is 105 Å². The fraction of sp³-hybridized carbons (Fsp3) is 0.429. The first kappa shape index (κ1) is 11.3. The molecule has 0 saturated carbocycles. The van der Waals surface area contributed by atoms with Crippen molar-refractivity contribution >= 4 is 11.9 Å². The van der Waals surface area contributed by atoms with Gasteiger partial charge in [0.1, 0.15) is 6.04 Å². The third-order valence-corrected chi connectivity index (χ3v) is 3.92. The fourth-order valence-electron chi connectivity index (χ4n) is 2.76. The van der Waals surface area contributed by atoms with Crippen molar-refractivity contribution in [2.24, 2.45) is 0 Å². The van der Waals surface area contributed by atoms with Gasteiger partial charge in [-0.3, -0.25) is 4.79 Å². The fourth-order valence-corrected chi connectivity index (χ4v) is 2.76. The number of carboxylic acids is 1. The Morgan fingerprint density at radius 3 is 2.61 bits per heavy atom. The van der Waals surface area contributed by atoms with Gasteiger partial charge in [0.25, 0.3) is 5.91 Å². The molecule has 2 aliphatic rings. The molecule has 1 aliphatic carbocycles. The highest BCUT2D eigenvalue weighted by Gasteiger charge is 2.34. The summed E-state index contributed by atoms with van der Waals surface area (Å²) in [6.45, 7) is 0.548. The van der Waals surface area contributed by atoms with Gasteiger partial charge in [0.2, 0.25) is 0 Å². The molecular weight excluding hydrogens is 230 g/mol. The molecule has 0 aromatic heterocycles. The van der Waals surface area contributed by atoms with E-state index >= 15 is 0 Å². The van der Waals surface area contributed by atoms with Gasteiger partial charge in [-0.25, -0.2) is 4.79 Å². The molecule has 0 bridgehead atoms. The molecule has 1 N–H and O–H groups in total. The molecular formula is C14H15NO3. The van der Waals surface area contributed by atoms with Crippen LogP contribution in [0.4, 0.5) is 0 Å². The van der Waals surface area contributed by atoms with Crippen LogP contribution in [0.2, 0.25) is 0 Å². The summed E-state index contributed by atoms with van der Waals surface area (Å²) in [5, 5.41) is 9.10. The molecule has 18 heavy (non-hydrogen) atoms. The molecule has 1 heterocycles. The number of carbonyl (C=O) groups excluding carboxylic acids is 1. The first-order valence-corrected chi connectivity index (χ1v) is 6.32. The second kappa shape index (κ2) is 4.12. The summed E-state index contributed by atoms with van der Waals surface area (Å²) >= 11 is 0. The maximum Gasteiger partial charge on any atom is 0.326 e. The molecule has 0 spiro atoms. The first-order valence-electron chi connectivity index (χ1n) is 6.32. The van der Waals surface area contributed by atoms with E-state index < -0.39 is 12.0 Å². The second-order valence-corrected chi connectivity index (χ2v) is 4.98. The predicted octanol–water partition coefficient (Wildman–Crippen LogP) is 1.47. The van der Waals surface area contributed by atoms with E-state index in [1.807, 2.05) is 18.2 Å². The molecule has 1 atom stereocenters. The minimum atomic E-state index is -0.898. The zero-order valence-corrected chi connectivity index (χ0v) is 10.1. The Kier molecular flexibility index (Phi) is 2.58. The van der Waals surface area contributed by atoms with E-state index in [0.29, 0.717) is 18.5 Å². The number of rotatable bonds is 2. The van der Waals surface area contributed by atoms with E-state index in [9.17, 15) is 9.59 Å². The first-order chi connectivity index (χ1) is 8.66. The average molecular weight is 245 g/mol. The van der Waals surface area contributed by atoms with Crippen molar-refractivity contribution in [3.63, 3.8) is 0 Å². The molecule has 94 valence electrons. The van der Waals surface area contributed by atoms with E-state index in [0.717, 1.165) is 19.3 Å². The third-order valence-electron chi connectivity index (χ3n) is 3.92. The van der Waals surface area contributed by atoms with Crippen LogP contribution in [0.1, 0.15) is 34.3 Å². The summed E-state index contributed by atoms with van der Waals surface area (Å²) in [5.74, 6) is -1.04. The van der Waals surface area contributed by atoms with Gasteiger partial charge in [-0.05, 0) is 48.9 Å². The van der Waals surface area contributed by atoms with Gasteiger partial charge in [-0.1, -0.05) is 6.07 Å². The highest BCUT2D eigenvalue weighted by Crippen LogP contribution is 2.26. The number of hydrogen-bond acceptors (Lipinski definition) is 2. The third kappa shape index (κ3) is 1.68. The molecule has 4 nitrogen and oxygen atoms in total. The standard InChI is InChI=1S/C14H15NO3/c16-13(15-7-1-2-12(15)14(17)18)11-6-4-9-3-5-10(9)8-11/h4,6,8,12H,1-3,5,7H2,(H,17,18)/t12-/m1/s1. The summed E-state index contributed by atoms with van der Waals surface area (Å²) in [4.78, 5) is 24.9.